The van der Waals surface area contributed by atoms with Crippen LogP contribution in [-0.4, -0.2) is 18.7 Å². The molecule has 0 unspecified atom stereocenters. The molecule has 2 aromatic rings. The minimum atomic E-state index is 0.608. The van der Waals surface area contributed by atoms with Gasteiger partial charge in [0.05, 0.1) is 19.4 Å². The number of oxazole rings is 1. The van der Waals surface area contributed by atoms with Crippen molar-refractivity contribution in [3.63, 3.8) is 0 Å². The lowest BCUT2D eigenvalue weighted by atomic mass is 10.2. The summed E-state index contributed by atoms with van der Waals surface area (Å²) in [5, 5.41) is 0. The van der Waals surface area contributed by atoms with E-state index >= 15 is 0 Å². The standard InChI is InChI=1S/C15H17NO3/c1-10-8-19-15(16-10)12-5-6-13(17-2)14(7-12)18-9-11-3-4-11/h5-8,11H,3-4,9H2,1-2H3. The molecule has 3 rings (SSSR count). The third-order valence-corrected chi connectivity index (χ3v) is 3.20. The van der Waals surface area contributed by atoms with Crippen LogP contribution in [0.3, 0.4) is 0 Å². The molecule has 1 saturated carbocycles. The second-order valence-electron chi connectivity index (χ2n) is 4.91. The Morgan fingerprint density at radius 1 is 1.32 bits per heavy atom. The maximum atomic E-state index is 5.83. The number of nitrogens with zero attached hydrogens (tertiary/aromatic N) is 1. The molecule has 0 saturated heterocycles. The molecule has 1 fully saturated rings. The summed E-state index contributed by atoms with van der Waals surface area (Å²) in [6.07, 6.45) is 4.17. The lowest BCUT2D eigenvalue weighted by Gasteiger charge is -2.11. The second kappa shape index (κ2) is 4.96. The first-order valence-electron chi connectivity index (χ1n) is 6.49. The summed E-state index contributed by atoms with van der Waals surface area (Å²) in [5.41, 5.74) is 1.77. The summed E-state index contributed by atoms with van der Waals surface area (Å²) in [6, 6.07) is 5.73. The predicted octanol–water partition coefficient (Wildman–Crippen LogP) is 3.45. The lowest BCUT2D eigenvalue weighted by molar-refractivity contribution is 0.280. The van der Waals surface area contributed by atoms with E-state index < -0.39 is 0 Å². The van der Waals surface area contributed by atoms with E-state index in [4.69, 9.17) is 13.9 Å². The van der Waals surface area contributed by atoms with E-state index in [0.29, 0.717) is 11.8 Å². The molecule has 1 aliphatic rings. The first-order valence-corrected chi connectivity index (χ1v) is 6.49. The maximum Gasteiger partial charge on any atom is 0.226 e. The van der Waals surface area contributed by atoms with Crippen molar-refractivity contribution in [3.05, 3.63) is 30.2 Å². The average molecular weight is 259 g/mol. The van der Waals surface area contributed by atoms with Gasteiger partial charge in [-0.3, -0.25) is 0 Å². The molecule has 1 aromatic carbocycles. The summed E-state index contributed by atoms with van der Waals surface area (Å²) < 4.78 is 16.6. The zero-order valence-electron chi connectivity index (χ0n) is 11.2. The number of benzene rings is 1. The van der Waals surface area contributed by atoms with E-state index in [9.17, 15) is 0 Å². The number of hydrogen-bond donors (Lipinski definition) is 0. The Hall–Kier alpha value is -1.97. The zero-order chi connectivity index (χ0) is 13.2. The summed E-state index contributed by atoms with van der Waals surface area (Å²) in [5.74, 6) is 2.81. The van der Waals surface area contributed by atoms with Crippen LogP contribution in [0, 0.1) is 12.8 Å². The van der Waals surface area contributed by atoms with Gasteiger partial charge in [0.15, 0.2) is 11.5 Å². The average Bonchev–Trinajstić information content (AvgIpc) is 3.16. The van der Waals surface area contributed by atoms with Crippen molar-refractivity contribution in [3.8, 4) is 23.0 Å². The molecule has 0 N–H and O–H groups in total. The first kappa shape index (κ1) is 12.1. The molecular weight excluding hydrogens is 242 g/mol. The Morgan fingerprint density at radius 3 is 2.79 bits per heavy atom. The van der Waals surface area contributed by atoms with Crippen LogP contribution in [0.15, 0.2) is 28.9 Å². The molecule has 0 amide bonds. The molecular formula is C15H17NO3. The van der Waals surface area contributed by atoms with Crippen molar-refractivity contribution in [1.82, 2.24) is 4.98 Å². The Labute approximate surface area is 112 Å². The van der Waals surface area contributed by atoms with Crippen molar-refractivity contribution in [1.29, 1.82) is 0 Å². The quantitative estimate of drug-likeness (QED) is 0.825. The SMILES string of the molecule is COc1ccc(-c2nc(C)co2)cc1OCC1CC1. The molecule has 19 heavy (non-hydrogen) atoms. The predicted molar refractivity (Wildman–Crippen MR) is 71.4 cm³/mol. The molecule has 0 radical (unpaired) electrons. The highest BCUT2D eigenvalue weighted by atomic mass is 16.5. The fourth-order valence-electron chi connectivity index (χ4n) is 1.90. The highest BCUT2D eigenvalue weighted by Gasteiger charge is 2.22. The summed E-state index contributed by atoms with van der Waals surface area (Å²) >= 11 is 0. The van der Waals surface area contributed by atoms with Crippen LogP contribution in [0.1, 0.15) is 18.5 Å². The lowest BCUT2D eigenvalue weighted by Crippen LogP contribution is -2.01. The molecule has 100 valence electrons. The Kier molecular flexibility index (Phi) is 3.15. The highest BCUT2D eigenvalue weighted by molar-refractivity contribution is 5.60. The largest absolute Gasteiger partial charge is 0.493 e. The topological polar surface area (TPSA) is 44.5 Å². The van der Waals surface area contributed by atoms with Crippen LogP contribution in [0.25, 0.3) is 11.5 Å². The monoisotopic (exact) mass is 259 g/mol. The van der Waals surface area contributed by atoms with E-state index in [-0.39, 0.29) is 0 Å². The third kappa shape index (κ3) is 2.72. The van der Waals surface area contributed by atoms with Gasteiger partial charge in [-0.2, -0.15) is 0 Å². The number of methoxy groups -OCH3 is 1. The van der Waals surface area contributed by atoms with Gasteiger partial charge in [0, 0.05) is 5.56 Å². The Bertz CT molecular complexity index is 573. The fourth-order valence-corrected chi connectivity index (χ4v) is 1.90. The minimum absolute atomic E-state index is 0.608. The molecule has 1 aromatic heterocycles. The van der Waals surface area contributed by atoms with Crippen LogP contribution < -0.4 is 9.47 Å². The maximum absolute atomic E-state index is 5.83. The van der Waals surface area contributed by atoms with E-state index in [0.717, 1.165) is 29.4 Å². The van der Waals surface area contributed by atoms with Crippen LogP contribution in [0.2, 0.25) is 0 Å². The molecule has 0 bridgehead atoms. The van der Waals surface area contributed by atoms with Crippen LogP contribution in [0.4, 0.5) is 0 Å². The van der Waals surface area contributed by atoms with Crippen LogP contribution >= 0.6 is 0 Å². The normalized spacial score (nSPS) is 14.4. The molecule has 4 heteroatoms. The van der Waals surface area contributed by atoms with E-state index in [1.165, 1.54) is 12.8 Å². The Morgan fingerprint density at radius 2 is 2.16 bits per heavy atom. The molecule has 1 heterocycles. The zero-order valence-corrected chi connectivity index (χ0v) is 11.2. The molecule has 4 nitrogen and oxygen atoms in total. The van der Waals surface area contributed by atoms with Crippen LogP contribution in [0.5, 0.6) is 11.5 Å². The minimum Gasteiger partial charge on any atom is -0.493 e. The van der Waals surface area contributed by atoms with Gasteiger partial charge in [0.1, 0.15) is 6.26 Å². The summed E-state index contributed by atoms with van der Waals surface area (Å²) in [6.45, 7) is 2.66. The first-order chi connectivity index (χ1) is 9.26. The van der Waals surface area contributed by atoms with Gasteiger partial charge in [-0.1, -0.05) is 0 Å². The van der Waals surface area contributed by atoms with E-state index in [1.807, 2.05) is 25.1 Å². The third-order valence-electron chi connectivity index (χ3n) is 3.20. The number of rotatable bonds is 5. The van der Waals surface area contributed by atoms with Crippen molar-refractivity contribution < 1.29 is 13.9 Å². The fraction of sp³-hybridized carbons (Fsp3) is 0.400. The van der Waals surface area contributed by atoms with Gasteiger partial charge in [0.25, 0.3) is 0 Å². The number of aryl methyl sites for hydroxylation is 1. The van der Waals surface area contributed by atoms with Crippen molar-refractivity contribution in [2.45, 2.75) is 19.8 Å². The smallest absolute Gasteiger partial charge is 0.226 e. The van der Waals surface area contributed by atoms with Gasteiger partial charge in [-0.25, -0.2) is 4.98 Å². The van der Waals surface area contributed by atoms with Gasteiger partial charge in [0.2, 0.25) is 5.89 Å². The van der Waals surface area contributed by atoms with Crippen molar-refractivity contribution in [2.24, 2.45) is 5.92 Å². The number of ether oxygens (including phenoxy) is 2. The Balaban J connectivity index is 1.86. The van der Waals surface area contributed by atoms with Gasteiger partial charge in [-0.15, -0.1) is 0 Å². The molecule has 1 aliphatic carbocycles. The number of aromatic nitrogens is 1. The second-order valence-corrected chi connectivity index (χ2v) is 4.91. The number of hydrogen-bond acceptors (Lipinski definition) is 4. The van der Waals surface area contributed by atoms with Crippen molar-refractivity contribution in [2.75, 3.05) is 13.7 Å². The van der Waals surface area contributed by atoms with Crippen LogP contribution in [-0.2, 0) is 0 Å². The van der Waals surface area contributed by atoms with E-state index in [2.05, 4.69) is 4.98 Å². The molecule has 0 aliphatic heterocycles. The molecule has 0 spiro atoms. The van der Waals surface area contributed by atoms with Crippen molar-refractivity contribution >= 4 is 0 Å². The van der Waals surface area contributed by atoms with E-state index in [1.54, 1.807) is 13.4 Å². The van der Waals surface area contributed by atoms with Gasteiger partial charge < -0.3 is 13.9 Å². The summed E-state index contributed by atoms with van der Waals surface area (Å²) in [4.78, 5) is 4.32. The van der Waals surface area contributed by atoms with Gasteiger partial charge in [-0.05, 0) is 43.9 Å². The molecule has 0 atom stereocenters. The highest BCUT2D eigenvalue weighted by Crippen LogP contribution is 2.35. The summed E-state index contributed by atoms with van der Waals surface area (Å²) in [7, 11) is 1.65. The van der Waals surface area contributed by atoms with Gasteiger partial charge >= 0.3 is 0 Å².